The highest BCUT2D eigenvalue weighted by Gasteiger charge is 2.34. The van der Waals surface area contributed by atoms with Gasteiger partial charge >= 0.3 is 0 Å². The molecule has 5 nitrogen and oxygen atoms in total. The van der Waals surface area contributed by atoms with Crippen molar-refractivity contribution in [2.75, 3.05) is 7.11 Å². The SMILES string of the molecule is COc1ccc(O)c(C(=O)NC2CC3CCC(C2)N3)c1. The molecule has 0 saturated carbocycles. The van der Waals surface area contributed by atoms with Gasteiger partial charge in [-0.2, -0.15) is 0 Å². The van der Waals surface area contributed by atoms with Crippen molar-refractivity contribution in [3.05, 3.63) is 23.8 Å². The Hall–Kier alpha value is -1.75. The molecule has 0 aromatic heterocycles. The Morgan fingerprint density at radius 3 is 2.70 bits per heavy atom. The van der Waals surface area contributed by atoms with Crippen LogP contribution in [-0.2, 0) is 0 Å². The van der Waals surface area contributed by atoms with Crippen molar-refractivity contribution in [3.63, 3.8) is 0 Å². The molecule has 2 aliphatic rings. The summed E-state index contributed by atoms with van der Waals surface area (Å²) in [4.78, 5) is 12.3. The van der Waals surface area contributed by atoms with E-state index in [0.717, 1.165) is 12.8 Å². The minimum atomic E-state index is -0.229. The monoisotopic (exact) mass is 276 g/mol. The number of nitrogens with one attached hydrogen (secondary N) is 2. The van der Waals surface area contributed by atoms with E-state index in [1.165, 1.54) is 18.9 Å². The number of piperidine rings is 1. The zero-order valence-electron chi connectivity index (χ0n) is 11.6. The third kappa shape index (κ3) is 2.58. The van der Waals surface area contributed by atoms with Gasteiger partial charge in [-0.15, -0.1) is 0 Å². The van der Waals surface area contributed by atoms with Crippen LogP contribution in [-0.4, -0.2) is 36.2 Å². The first-order valence-electron chi connectivity index (χ1n) is 7.09. The highest BCUT2D eigenvalue weighted by atomic mass is 16.5. The number of amides is 1. The molecule has 108 valence electrons. The zero-order chi connectivity index (χ0) is 14.1. The number of hydrogen-bond donors (Lipinski definition) is 3. The number of carbonyl (C=O) groups excluding carboxylic acids is 1. The molecule has 20 heavy (non-hydrogen) atoms. The average molecular weight is 276 g/mol. The first kappa shape index (κ1) is 13.2. The second-order valence-corrected chi connectivity index (χ2v) is 5.66. The molecule has 2 unspecified atom stereocenters. The molecule has 2 bridgehead atoms. The van der Waals surface area contributed by atoms with Gasteiger partial charge in [0.2, 0.25) is 0 Å². The normalized spacial score (nSPS) is 28.1. The number of ether oxygens (including phenoxy) is 1. The Kier molecular flexibility index (Phi) is 3.53. The van der Waals surface area contributed by atoms with Gasteiger partial charge in [0.15, 0.2) is 0 Å². The summed E-state index contributed by atoms with van der Waals surface area (Å²) in [6.45, 7) is 0. The average Bonchev–Trinajstić information content (AvgIpc) is 2.78. The van der Waals surface area contributed by atoms with Crippen molar-refractivity contribution in [1.29, 1.82) is 0 Å². The lowest BCUT2D eigenvalue weighted by molar-refractivity contribution is 0.0921. The van der Waals surface area contributed by atoms with E-state index in [1.54, 1.807) is 19.2 Å². The summed E-state index contributed by atoms with van der Waals surface area (Å²) in [7, 11) is 1.54. The summed E-state index contributed by atoms with van der Waals surface area (Å²) >= 11 is 0. The van der Waals surface area contributed by atoms with E-state index >= 15 is 0 Å². The Morgan fingerprint density at radius 2 is 2.05 bits per heavy atom. The quantitative estimate of drug-likeness (QED) is 0.780. The van der Waals surface area contributed by atoms with Crippen molar-refractivity contribution < 1.29 is 14.6 Å². The molecule has 1 aromatic carbocycles. The van der Waals surface area contributed by atoms with Gasteiger partial charge in [0.25, 0.3) is 5.91 Å². The van der Waals surface area contributed by atoms with Crippen molar-refractivity contribution in [1.82, 2.24) is 10.6 Å². The summed E-state index contributed by atoms with van der Waals surface area (Å²) in [6.07, 6.45) is 4.32. The third-order valence-electron chi connectivity index (χ3n) is 4.26. The van der Waals surface area contributed by atoms with Crippen LogP contribution in [0.3, 0.4) is 0 Å². The van der Waals surface area contributed by atoms with Gasteiger partial charge in [-0.1, -0.05) is 0 Å². The van der Waals surface area contributed by atoms with Crippen LogP contribution in [0.1, 0.15) is 36.0 Å². The van der Waals surface area contributed by atoms with E-state index in [9.17, 15) is 9.90 Å². The van der Waals surface area contributed by atoms with Crippen LogP contribution in [0.5, 0.6) is 11.5 Å². The molecule has 2 atom stereocenters. The van der Waals surface area contributed by atoms with E-state index < -0.39 is 0 Å². The molecule has 0 radical (unpaired) electrons. The number of fused-ring (bicyclic) bond motifs is 2. The van der Waals surface area contributed by atoms with Crippen molar-refractivity contribution in [2.45, 2.75) is 43.8 Å². The van der Waals surface area contributed by atoms with E-state index in [-0.39, 0.29) is 23.3 Å². The molecular weight excluding hydrogens is 256 g/mol. The molecule has 2 heterocycles. The summed E-state index contributed by atoms with van der Waals surface area (Å²) in [6, 6.07) is 5.93. The summed E-state index contributed by atoms with van der Waals surface area (Å²) in [5.41, 5.74) is 0.273. The number of hydrogen-bond acceptors (Lipinski definition) is 4. The van der Waals surface area contributed by atoms with Crippen molar-refractivity contribution in [2.24, 2.45) is 0 Å². The fourth-order valence-electron chi connectivity index (χ4n) is 3.26. The van der Waals surface area contributed by atoms with Gasteiger partial charge in [0.05, 0.1) is 12.7 Å². The number of methoxy groups -OCH3 is 1. The molecule has 2 fully saturated rings. The van der Waals surface area contributed by atoms with Gasteiger partial charge in [-0.05, 0) is 43.9 Å². The van der Waals surface area contributed by atoms with Gasteiger partial charge < -0.3 is 20.5 Å². The first-order chi connectivity index (χ1) is 9.65. The van der Waals surface area contributed by atoms with Gasteiger partial charge in [-0.3, -0.25) is 4.79 Å². The van der Waals surface area contributed by atoms with E-state index in [1.807, 2.05) is 0 Å². The van der Waals surface area contributed by atoms with Crippen molar-refractivity contribution >= 4 is 5.91 Å². The van der Waals surface area contributed by atoms with Crippen molar-refractivity contribution in [3.8, 4) is 11.5 Å². The lowest BCUT2D eigenvalue weighted by Crippen LogP contribution is -2.48. The minimum absolute atomic E-state index is 0.0137. The van der Waals surface area contributed by atoms with Crippen LogP contribution in [0.15, 0.2) is 18.2 Å². The molecule has 2 saturated heterocycles. The van der Waals surface area contributed by atoms with Gasteiger partial charge in [-0.25, -0.2) is 0 Å². The Labute approximate surface area is 118 Å². The van der Waals surface area contributed by atoms with Gasteiger partial charge in [0, 0.05) is 18.1 Å². The first-order valence-corrected chi connectivity index (χ1v) is 7.09. The fraction of sp³-hybridized carbons (Fsp3) is 0.533. The largest absolute Gasteiger partial charge is 0.507 e. The van der Waals surface area contributed by atoms with E-state index in [4.69, 9.17) is 4.74 Å². The summed E-state index contributed by atoms with van der Waals surface area (Å²) < 4.78 is 5.09. The molecule has 3 rings (SSSR count). The topological polar surface area (TPSA) is 70.6 Å². The number of carbonyl (C=O) groups is 1. The number of benzene rings is 1. The molecule has 0 aliphatic carbocycles. The molecule has 1 aromatic rings. The minimum Gasteiger partial charge on any atom is -0.507 e. The number of aromatic hydroxyl groups is 1. The second-order valence-electron chi connectivity index (χ2n) is 5.66. The molecule has 0 spiro atoms. The number of rotatable bonds is 3. The van der Waals surface area contributed by atoms with Crippen LogP contribution >= 0.6 is 0 Å². The molecule has 2 aliphatic heterocycles. The zero-order valence-corrected chi connectivity index (χ0v) is 11.6. The smallest absolute Gasteiger partial charge is 0.255 e. The second kappa shape index (κ2) is 5.32. The van der Waals surface area contributed by atoms with Crippen LogP contribution < -0.4 is 15.4 Å². The Morgan fingerprint density at radius 1 is 1.35 bits per heavy atom. The molecule has 1 amide bonds. The van der Waals surface area contributed by atoms with Gasteiger partial charge in [0.1, 0.15) is 11.5 Å². The lowest BCUT2D eigenvalue weighted by Gasteiger charge is -2.29. The predicted molar refractivity (Wildman–Crippen MR) is 75.1 cm³/mol. The van der Waals surface area contributed by atoms with Crippen LogP contribution in [0.25, 0.3) is 0 Å². The predicted octanol–water partition coefficient (Wildman–Crippen LogP) is 1.41. The number of phenols is 1. The molecule has 3 N–H and O–H groups in total. The summed E-state index contributed by atoms with van der Waals surface area (Å²) in [5, 5.41) is 16.4. The van der Waals surface area contributed by atoms with Crippen LogP contribution in [0.4, 0.5) is 0 Å². The Balaban J connectivity index is 1.70. The third-order valence-corrected chi connectivity index (χ3v) is 4.26. The standard InChI is InChI=1S/C15H20N2O3/c1-20-12-4-5-14(18)13(8-12)15(19)17-11-6-9-2-3-10(7-11)16-9/h4-5,8-11,16,18H,2-3,6-7H2,1H3,(H,17,19). The fourth-order valence-corrected chi connectivity index (χ4v) is 3.26. The summed E-state index contributed by atoms with van der Waals surface area (Å²) in [5.74, 6) is 0.325. The number of phenolic OH excluding ortho intramolecular Hbond substituents is 1. The van der Waals surface area contributed by atoms with E-state index in [2.05, 4.69) is 10.6 Å². The highest BCUT2D eigenvalue weighted by Crippen LogP contribution is 2.28. The molecular formula is C15H20N2O3. The molecule has 5 heteroatoms. The van der Waals surface area contributed by atoms with Crippen LogP contribution in [0.2, 0.25) is 0 Å². The van der Waals surface area contributed by atoms with Crippen LogP contribution in [0, 0.1) is 0 Å². The van der Waals surface area contributed by atoms with E-state index in [0.29, 0.717) is 17.8 Å². The maximum absolute atomic E-state index is 12.3. The maximum Gasteiger partial charge on any atom is 0.255 e. The maximum atomic E-state index is 12.3. The highest BCUT2D eigenvalue weighted by molar-refractivity contribution is 5.97. The lowest BCUT2D eigenvalue weighted by atomic mass is 9.99. The Bertz CT molecular complexity index is 506.